The third kappa shape index (κ3) is 5.84. The van der Waals surface area contributed by atoms with Crippen molar-refractivity contribution in [3.63, 3.8) is 0 Å². The fourth-order valence-electron chi connectivity index (χ4n) is 3.39. The molecule has 33 heavy (non-hydrogen) atoms. The van der Waals surface area contributed by atoms with E-state index in [1.807, 2.05) is 0 Å². The van der Waals surface area contributed by atoms with E-state index >= 15 is 0 Å². The van der Waals surface area contributed by atoms with Crippen LogP contribution in [0.2, 0.25) is 0 Å². The maximum absolute atomic E-state index is 13.3. The predicted molar refractivity (Wildman–Crippen MR) is 118 cm³/mol. The number of halogens is 3. The number of alkyl halides is 3. The number of nitrogens with zero attached hydrogens (tertiary/aromatic N) is 1. The van der Waals surface area contributed by atoms with E-state index in [1.165, 1.54) is 31.3 Å². The van der Waals surface area contributed by atoms with Crippen LogP contribution >= 0.6 is 0 Å². The fraction of sp³-hybridized carbons (Fsp3) is 0.240. The molecule has 1 N–H and O–H groups in total. The van der Waals surface area contributed by atoms with Crippen LogP contribution in [0.3, 0.4) is 0 Å². The molecule has 0 aliphatic rings. The van der Waals surface area contributed by atoms with E-state index in [0.29, 0.717) is 28.3 Å². The maximum Gasteiger partial charge on any atom is 0.416 e. The third-order valence-electron chi connectivity index (χ3n) is 5.20. The van der Waals surface area contributed by atoms with Gasteiger partial charge in [0.15, 0.2) is 17.6 Å². The number of ether oxygens (including phenoxy) is 2. The van der Waals surface area contributed by atoms with Crippen molar-refractivity contribution in [2.75, 3.05) is 25.7 Å². The van der Waals surface area contributed by atoms with Crippen LogP contribution in [0.4, 0.5) is 18.9 Å². The Morgan fingerprint density at radius 2 is 1.58 bits per heavy atom. The van der Waals surface area contributed by atoms with E-state index in [2.05, 4.69) is 0 Å². The second-order valence-electron chi connectivity index (χ2n) is 7.29. The molecule has 0 spiro atoms. The monoisotopic (exact) mass is 459 g/mol. The first-order valence-electron chi connectivity index (χ1n) is 10.2. The minimum Gasteiger partial charge on any atom is -0.493 e. The van der Waals surface area contributed by atoms with Crippen molar-refractivity contribution < 1.29 is 32.5 Å². The highest BCUT2D eigenvalue weighted by Crippen LogP contribution is 2.33. The Balaban J connectivity index is 1.89. The van der Waals surface area contributed by atoms with Gasteiger partial charge in [0, 0.05) is 18.3 Å². The van der Waals surface area contributed by atoms with Crippen molar-refractivity contribution in [1.29, 1.82) is 0 Å². The summed E-state index contributed by atoms with van der Waals surface area (Å²) in [5.74, 6) is 0.303. The van der Waals surface area contributed by atoms with Crippen LogP contribution < -0.4 is 14.4 Å². The van der Waals surface area contributed by atoms with Gasteiger partial charge in [-0.25, -0.2) is 0 Å². The highest BCUT2D eigenvalue weighted by molar-refractivity contribution is 5.97. The summed E-state index contributed by atoms with van der Waals surface area (Å²) >= 11 is 0. The topological polar surface area (TPSA) is 59.0 Å². The van der Waals surface area contributed by atoms with Gasteiger partial charge in [-0.3, -0.25) is 4.79 Å². The van der Waals surface area contributed by atoms with Gasteiger partial charge in [-0.2, -0.15) is 13.2 Å². The summed E-state index contributed by atoms with van der Waals surface area (Å²) in [5, 5.41) is 10.7. The molecule has 174 valence electrons. The van der Waals surface area contributed by atoms with Crippen LogP contribution in [0, 0.1) is 0 Å². The Morgan fingerprint density at radius 3 is 2.15 bits per heavy atom. The highest BCUT2D eigenvalue weighted by atomic mass is 19.4. The molecule has 5 nitrogen and oxygen atoms in total. The van der Waals surface area contributed by atoms with E-state index in [4.69, 9.17) is 9.47 Å². The summed E-state index contributed by atoms with van der Waals surface area (Å²) in [6, 6.07) is 18.2. The number of hydrogen-bond donors (Lipinski definition) is 1. The Hall–Kier alpha value is -3.52. The largest absolute Gasteiger partial charge is 0.493 e. The number of rotatable bonds is 8. The van der Waals surface area contributed by atoms with E-state index in [-0.39, 0.29) is 13.0 Å². The zero-order valence-corrected chi connectivity index (χ0v) is 18.2. The van der Waals surface area contributed by atoms with Crippen molar-refractivity contribution >= 4 is 11.6 Å². The molecular weight excluding hydrogens is 435 g/mol. The highest BCUT2D eigenvalue weighted by Gasteiger charge is 2.30. The Morgan fingerprint density at radius 1 is 0.939 bits per heavy atom. The number of amides is 1. The van der Waals surface area contributed by atoms with Gasteiger partial charge in [-0.15, -0.1) is 0 Å². The Kier molecular flexibility index (Phi) is 7.60. The van der Waals surface area contributed by atoms with Crippen LogP contribution in [0.5, 0.6) is 11.5 Å². The SMILES string of the molecule is COc1ccc(N(CCc2ccc(C(F)(F)F)cc2)C(=O)[C@H](O)c2ccccc2)cc1OC. The van der Waals surface area contributed by atoms with Gasteiger partial charge < -0.3 is 19.5 Å². The molecular formula is C25H24F3NO4. The molecule has 0 radical (unpaired) electrons. The average Bonchev–Trinajstić information content (AvgIpc) is 2.83. The Labute approximate surface area is 190 Å². The van der Waals surface area contributed by atoms with Gasteiger partial charge in [0.2, 0.25) is 0 Å². The van der Waals surface area contributed by atoms with Crippen LogP contribution in [0.1, 0.15) is 22.8 Å². The van der Waals surface area contributed by atoms with Crippen LogP contribution in [-0.4, -0.2) is 31.8 Å². The van der Waals surface area contributed by atoms with Crippen LogP contribution in [0.25, 0.3) is 0 Å². The molecule has 1 atom stereocenters. The number of hydrogen-bond acceptors (Lipinski definition) is 4. The van der Waals surface area contributed by atoms with E-state index in [1.54, 1.807) is 48.5 Å². The minimum absolute atomic E-state index is 0.129. The summed E-state index contributed by atoms with van der Waals surface area (Å²) < 4.78 is 49.1. The van der Waals surface area contributed by atoms with Crippen molar-refractivity contribution in [1.82, 2.24) is 0 Å². The lowest BCUT2D eigenvalue weighted by Gasteiger charge is -2.26. The normalized spacial score (nSPS) is 12.2. The summed E-state index contributed by atoms with van der Waals surface area (Å²) in [4.78, 5) is 14.6. The molecule has 0 saturated heterocycles. The number of carbonyl (C=O) groups excluding carboxylic acids is 1. The number of carbonyl (C=O) groups is 1. The van der Waals surface area contributed by atoms with E-state index < -0.39 is 23.8 Å². The quantitative estimate of drug-likeness (QED) is 0.513. The van der Waals surface area contributed by atoms with Crippen molar-refractivity contribution in [3.05, 3.63) is 89.5 Å². The molecule has 3 rings (SSSR count). The van der Waals surface area contributed by atoms with Gasteiger partial charge in [0.25, 0.3) is 5.91 Å². The lowest BCUT2D eigenvalue weighted by Crippen LogP contribution is -2.37. The molecule has 3 aromatic rings. The smallest absolute Gasteiger partial charge is 0.416 e. The molecule has 0 fully saturated rings. The maximum atomic E-state index is 13.3. The lowest BCUT2D eigenvalue weighted by atomic mass is 10.1. The van der Waals surface area contributed by atoms with Crippen molar-refractivity contribution in [2.45, 2.75) is 18.7 Å². The molecule has 0 aliphatic heterocycles. The summed E-state index contributed by atoms with van der Waals surface area (Å²) in [7, 11) is 2.96. The van der Waals surface area contributed by atoms with Crippen LogP contribution in [0.15, 0.2) is 72.8 Å². The fourth-order valence-corrected chi connectivity index (χ4v) is 3.39. The molecule has 0 heterocycles. The molecule has 8 heteroatoms. The van der Waals surface area contributed by atoms with Gasteiger partial charge in [0.1, 0.15) is 0 Å². The summed E-state index contributed by atoms with van der Waals surface area (Å²) in [6.07, 6.45) is -5.55. The van der Waals surface area contributed by atoms with Gasteiger partial charge in [0.05, 0.1) is 19.8 Å². The van der Waals surface area contributed by atoms with Gasteiger partial charge >= 0.3 is 6.18 Å². The minimum atomic E-state index is -4.42. The second-order valence-corrected chi connectivity index (χ2v) is 7.29. The first-order valence-corrected chi connectivity index (χ1v) is 10.2. The molecule has 0 unspecified atom stereocenters. The number of benzene rings is 3. The molecule has 3 aromatic carbocycles. The van der Waals surface area contributed by atoms with Gasteiger partial charge in [-0.05, 0) is 41.8 Å². The second kappa shape index (κ2) is 10.4. The zero-order valence-electron chi connectivity index (χ0n) is 18.2. The molecule has 0 aromatic heterocycles. The first-order chi connectivity index (χ1) is 15.7. The number of aliphatic hydroxyl groups is 1. The van der Waals surface area contributed by atoms with E-state index in [9.17, 15) is 23.1 Å². The lowest BCUT2D eigenvalue weighted by molar-refractivity contribution is -0.137. The first kappa shape index (κ1) is 24.1. The van der Waals surface area contributed by atoms with Crippen LogP contribution in [-0.2, 0) is 17.4 Å². The number of methoxy groups -OCH3 is 2. The summed E-state index contributed by atoms with van der Waals surface area (Å²) in [6.45, 7) is 0.129. The molecule has 0 saturated carbocycles. The van der Waals surface area contributed by atoms with E-state index in [0.717, 1.165) is 12.1 Å². The number of aliphatic hydroxyl groups excluding tert-OH is 1. The molecule has 0 bridgehead atoms. The molecule has 1 amide bonds. The van der Waals surface area contributed by atoms with Gasteiger partial charge in [-0.1, -0.05) is 42.5 Å². The predicted octanol–water partition coefficient (Wildman–Crippen LogP) is 5.03. The third-order valence-corrected chi connectivity index (χ3v) is 5.20. The van der Waals surface area contributed by atoms with Crippen molar-refractivity contribution in [2.24, 2.45) is 0 Å². The zero-order chi connectivity index (χ0) is 24.0. The van der Waals surface area contributed by atoms with Crippen molar-refractivity contribution in [3.8, 4) is 11.5 Å². The number of anilines is 1. The average molecular weight is 459 g/mol. The Bertz CT molecular complexity index is 1070. The summed E-state index contributed by atoms with van der Waals surface area (Å²) in [5.41, 5.74) is 0.774. The molecule has 0 aliphatic carbocycles. The standard InChI is InChI=1S/C25H24F3NO4/c1-32-21-13-12-20(16-22(21)33-2)29(24(31)23(30)18-6-4-3-5-7-18)15-14-17-8-10-19(11-9-17)25(26,27)28/h3-13,16,23,30H,14-15H2,1-2H3/t23-/m1/s1.